The smallest absolute Gasteiger partial charge is 0.355 e. The molecule has 0 aliphatic carbocycles. The number of hydrogen-bond donors (Lipinski definition) is 0. The van der Waals surface area contributed by atoms with E-state index in [1.807, 2.05) is 20.8 Å². The number of nitrogens with zero attached hydrogens (tertiary/aromatic N) is 3. The third kappa shape index (κ3) is 5.23. The minimum atomic E-state index is -0.775. The van der Waals surface area contributed by atoms with E-state index in [-0.39, 0.29) is 24.8 Å². The molecule has 7 nitrogen and oxygen atoms in total. The summed E-state index contributed by atoms with van der Waals surface area (Å²) in [6.45, 7) is 8.06. The molecule has 0 fully saturated rings. The maximum Gasteiger partial charge on any atom is 0.355 e. The number of benzene rings is 1. The molecule has 0 bridgehead atoms. The molecule has 0 spiro atoms. The van der Waals surface area contributed by atoms with Gasteiger partial charge in [-0.2, -0.15) is 10.4 Å². The zero-order chi connectivity index (χ0) is 21.6. The van der Waals surface area contributed by atoms with Crippen LogP contribution < -0.4 is 0 Å². The van der Waals surface area contributed by atoms with Gasteiger partial charge in [0, 0.05) is 12.7 Å². The van der Waals surface area contributed by atoms with Crippen LogP contribution in [-0.4, -0.2) is 42.9 Å². The van der Waals surface area contributed by atoms with Crippen LogP contribution in [-0.2, 0) is 19.1 Å². The first-order chi connectivity index (χ1) is 13.8. The normalized spacial score (nSPS) is 16.4. The highest BCUT2D eigenvalue weighted by molar-refractivity contribution is 6.40. The fourth-order valence-electron chi connectivity index (χ4n) is 2.94. The van der Waals surface area contributed by atoms with Crippen LogP contribution in [0.2, 0.25) is 0 Å². The summed E-state index contributed by atoms with van der Waals surface area (Å²) in [4.78, 5) is 25.8. The minimum absolute atomic E-state index is 0.0955. The Hall–Kier alpha value is -3.14. The molecule has 0 radical (unpaired) electrons. The van der Waals surface area contributed by atoms with E-state index < -0.39 is 17.9 Å². The van der Waals surface area contributed by atoms with Crippen molar-refractivity contribution in [1.29, 1.82) is 5.26 Å². The van der Waals surface area contributed by atoms with E-state index in [1.165, 1.54) is 5.01 Å². The molecular formula is C22H27N3O4. The SMILES string of the molecule is CCCOC(=O)C1=NN(C)C(C)=C(C(=O)OCC(C)C)C1c1cccc(C#N)c1. The molecule has 0 amide bonds. The average molecular weight is 397 g/mol. The summed E-state index contributed by atoms with van der Waals surface area (Å²) in [5, 5.41) is 15.2. The number of carbonyl (C=O) groups excluding carboxylic acids is 2. The zero-order valence-electron chi connectivity index (χ0n) is 17.6. The van der Waals surface area contributed by atoms with Crippen LogP contribution in [0.5, 0.6) is 0 Å². The van der Waals surface area contributed by atoms with Crippen LogP contribution in [0.4, 0.5) is 0 Å². The van der Waals surface area contributed by atoms with Gasteiger partial charge in [0.1, 0.15) is 0 Å². The van der Waals surface area contributed by atoms with Gasteiger partial charge < -0.3 is 9.47 Å². The van der Waals surface area contributed by atoms with E-state index in [0.29, 0.717) is 28.8 Å². The molecule has 1 aromatic rings. The summed E-state index contributed by atoms with van der Waals surface area (Å²) in [6.07, 6.45) is 0.668. The molecule has 1 atom stereocenters. The van der Waals surface area contributed by atoms with Gasteiger partial charge in [-0.25, -0.2) is 9.59 Å². The number of rotatable bonds is 7. The molecular weight excluding hydrogens is 370 g/mol. The average Bonchev–Trinajstić information content (AvgIpc) is 2.71. The van der Waals surface area contributed by atoms with E-state index in [4.69, 9.17) is 9.47 Å². The predicted molar refractivity (Wildman–Crippen MR) is 109 cm³/mol. The van der Waals surface area contributed by atoms with Gasteiger partial charge in [-0.15, -0.1) is 0 Å². The quantitative estimate of drug-likeness (QED) is 0.655. The van der Waals surface area contributed by atoms with E-state index >= 15 is 0 Å². The fourth-order valence-corrected chi connectivity index (χ4v) is 2.94. The Kier molecular flexibility index (Phi) is 7.54. The van der Waals surface area contributed by atoms with Gasteiger partial charge in [-0.3, -0.25) is 5.01 Å². The van der Waals surface area contributed by atoms with Crippen molar-refractivity contribution in [3.63, 3.8) is 0 Å². The van der Waals surface area contributed by atoms with Gasteiger partial charge in [0.2, 0.25) is 0 Å². The van der Waals surface area contributed by atoms with E-state index in [1.54, 1.807) is 38.2 Å². The first-order valence-corrected chi connectivity index (χ1v) is 9.67. The highest BCUT2D eigenvalue weighted by Crippen LogP contribution is 2.35. The Labute approximate surface area is 171 Å². The van der Waals surface area contributed by atoms with Crippen molar-refractivity contribution in [2.45, 2.75) is 40.0 Å². The Morgan fingerprint density at radius 3 is 2.62 bits per heavy atom. The molecule has 0 saturated heterocycles. The van der Waals surface area contributed by atoms with Gasteiger partial charge in [-0.1, -0.05) is 32.9 Å². The second-order valence-electron chi connectivity index (χ2n) is 7.31. The monoisotopic (exact) mass is 397 g/mol. The van der Waals surface area contributed by atoms with Crippen molar-refractivity contribution in [1.82, 2.24) is 5.01 Å². The summed E-state index contributed by atoms with van der Waals surface area (Å²) in [5.41, 5.74) is 2.04. The number of allylic oxidation sites excluding steroid dienone is 1. The van der Waals surface area contributed by atoms with Crippen LogP contribution in [0.25, 0.3) is 0 Å². The van der Waals surface area contributed by atoms with Crippen molar-refractivity contribution in [2.24, 2.45) is 11.0 Å². The third-order valence-corrected chi connectivity index (χ3v) is 4.46. The fraction of sp³-hybridized carbons (Fsp3) is 0.455. The van der Waals surface area contributed by atoms with Crippen molar-refractivity contribution in [3.05, 3.63) is 46.7 Å². The highest BCUT2D eigenvalue weighted by Gasteiger charge is 2.39. The molecule has 1 heterocycles. The molecule has 7 heteroatoms. The Morgan fingerprint density at radius 1 is 1.28 bits per heavy atom. The lowest BCUT2D eigenvalue weighted by Gasteiger charge is -2.31. The van der Waals surface area contributed by atoms with Crippen LogP contribution >= 0.6 is 0 Å². The lowest BCUT2D eigenvalue weighted by molar-refractivity contribution is -0.140. The number of nitriles is 1. The molecule has 0 saturated carbocycles. The zero-order valence-corrected chi connectivity index (χ0v) is 17.6. The molecule has 1 aliphatic rings. The van der Waals surface area contributed by atoms with Crippen molar-refractivity contribution in [3.8, 4) is 6.07 Å². The number of hydrazone groups is 1. The van der Waals surface area contributed by atoms with Gasteiger partial charge in [0.15, 0.2) is 5.71 Å². The van der Waals surface area contributed by atoms with E-state index in [0.717, 1.165) is 0 Å². The Morgan fingerprint density at radius 2 is 2.00 bits per heavy atom. The first kappa shape index (κ1) is 22.2. The number of carbonyl (C=O) groups is 2. The molecule has 1 unspecified atom stereocenters. The van der Waals surface area contributed by atoms with Gasteiger partial charge >= 0.3 is 11.9 Å². The maximum atomic E-state index is 13.0. The summed E-state index contributed by atoms with van der Waals surface area (Å²) in [6, 6.07) is 8.89. The lowest BCUT2D eigenvalue weighted by Crippen LogP contribution is -2.37. The van der Waals surface area contributed by atoms with Crippen molar-refractivity contribution in [2.75, 3.05) is 20.3 Å². The maximum absolute atomic E-state index is 13.0. The van der Waals surface area contributed by atoms with Gasteiger partial charge in [-0.05, 0) is 37.0 Å². The number of esters is 2. The summed E-state index contributed by atoms with van der Waals surface area (Å²) in [5.74, 6) is -1.70. The standard InChI is InChI=1S/C22H27N3O4/c1-6-10-28-22(27)20-19(17-9-7-8-16(11-17)12-23)18(15(4)25(5)24-20)21(26)29-13-14(2)3/h7-9,11,14,19H,6,10,13H2,1-5H3. The largest absolute Gasteiger partial charge is 0.462 e. The van der Waals surface area contributed by atoms with Gasteiger partial charge in [0.05, 0.1) is 36.3 Å². The van der Waals surface area contributed by atoms with Crippen molar-refractivity contribution >= 4 is 17.7 Å². The molecule has 1 aliphatic heterocycles. The molecule has 29 heavy (non-hydrogen) atoms. The third-order valence-electron chi connectivity index (χ3n) is 4.46. The molecule has 0 N–H and O–H groups in total. The Bertz CT molecular complexity index is 880. The number of hydrogen-bond acceptors (Lipinski definition) is 7. The number of ether oxygens (including phenoxy) is 2. The predicted octanol–water partition coefficient (Wildman–Crippen LogP) is 3.37. The van der Waals surface area contributed by atoms with E-state index in [9.17, 15) is 14.9 Å². The van der Waals surface area contributed by atoms with Crippen LogP contribution in [0, 0.1) is 17.2 Å². The Balaban J connectivity index is 2.57. The first-order valence-electron chi connectivity index (χ1n) is 9.67. The van der Waals surface area contributed by atoms with Crippen LogP contribution in [0.1, 0.15) is 51.2 Å². The molecule has 2 rings (SSSR count). The summed E-state index contributed by atoms with van der Waals surface area (Å²) in [7, 11) is 1.67. The van der Waals surface area contributed by atoms with E-state index in [2.05, 4.69) is 11.2 Å². The molecule has 1 aromatic carbocycles. The van der Waals surface area contributed by atoms with Gasteiger partial charge in [0.25, 0.3) is 0 Å². The topological polar surface area (TPSA) is 92.0 Å². The summed E-state index contributed by atoms with van der Waals surface area (Å²) < 4.78 is 10.8. The highest BCUT2D eigenvalue weighted by atomic mass is 16.5. The lowest BCUT2D eigenvalue weighted by atomic mass is 9.84. The summed E-state index contributed by atoms with van der Waals surface area (Å²) >= 11 is 0. The second kappa shape index (κ2) is 9.87. The molecule has 154 valence electrons. The van der Waals surface area contributed by atoms with Crippen LogP contribution in [0.3, 0.4) is 0 Å². The van der Waals surface area contributed by atoms with Crippen LogP contribution in [0.15, 0.2) is 40.6 Å². The minimum Gasteiger partial charge on any atom is -0.462 e. The second-order valence-corrected chi connectivity index (χ2v) is 7.31. The molecule has 0 aromatic heterocycles. The van der Waals surface area contributed by atoms with Crippen molar-refractivity contribution < 1.29 is 19.1 Å².